The molecule has 2 rings (SSSR count). The second kappa shape index (κ2) is 11.6. The van der Waals surface area contributed by atoms with Gasteiger partial charge in [-0.3, -0.25) is 9.79 Å². The third-order valence-electron chi connectivity index (χ3n) is 4.69. The number of carbonyl (C=O) groups excluding carboxylic acids is 2. The SMILES string of the molecule is CC(=O)C1C(C)=NC(COCCN=[N+]=[N-])=C(C(=O)OCCC#N)C1c1ccc(F)cc1. The van der Waals surface area contributed by atoms with Crippen molar-refractivity contribution >= 4 is 17.5 Å². The highest BCUT2D eigenvalue weighted by Gasteiger charge is 2.40. The highest BCUT2D eigenvalue weighted by atomic mass is 19.1. The summed E-state index contributed by atoms with van der Waals surface area (Å²) in [4.78, 5) is 32.5. The average molecular weight is 427 g/mol. The van der Waals surface area contributed by atoms with Crippen LogP contribution in [0.1, 0.15) is 31.7 Å². The lowest BCUT2D eigenvalue weighted by atomic mass is 9.74. The first kappa shape index (κ1) is 23.7. The number of nitriles is 1. The van der Waals surface area contributed by atoms with Gasteiger partial charge in [-0.25, -0.2) is 9.18 Å². The smallest absolute Gasteiger partial charge is 0.336 e. The molecule has 0 spiro atoms. The van der Waals surface area contributed by atoms with Crippen LogP contribution in [0.4, 0.5) is 4.39 Å². The zero-order valence-electron chi connectivity index (χ0n) is 17.2. The van der Waals surface area contributed by atoms with E-state index in [2.05, 4.69) is 15.0 Å². The van der Waals surface area contributed by atoms with Gasteiger partial charge < -0.3 is 9.47 Å². The van der Waals surface area contributed by atoms with Crippen LogP contribution in [0.2, 0.25) is 0 Å². The zero-order chi connectivity index (χ0) is 22.8. The van der Waals surface area contributed by atoms with Crippen molar-refractivity contribution in [3.63, 3.8) is 0 Å². The van der Waals surface area contributed by atoms with Gasteiger partial charge >= 0.3 is 5.97 Å². The van der Waals surface area contributed by atoms with Crippen molar-refractivity contribution in [3.8, 4) is 6.07 Å². The van der Waals surface area contributed by atoms with Gasteiger partial charge in [0.1, 0.15) is 18.2 Å². The molecule has 0 aliphatic carbocycles. The predicted molar refractivity (Wildman–Crippen MR) is 109 cm³/mol. The first-order chi connectivity index (χ1) is 14.9. The van der Waals surface area contributed by atoms with Crippen LogP contribution in [0.25, 0.3) is 10.4 Å². The van der Waals surface area contributed by atoms with E-state index < -0.39 is 23.6 Å². The molecule has 0 aromatic heterocycles. The Bertz CT molecular complexity index is 974. The fourth-order valence-electron chi connectivity index (χ4n) is 3.43. The second-order valence-corrected chi connectivity index (χ2v) is 6.78. The van der Waals surface area contributed by atoms with E-state index in [9.17, 15) is 14.0 Å². The number of nitrogens with zero attached hydrogens (tertiary/aromatic N) is 5. The normalized spacial score (nSPS) is 17.9. The van der Waals surface area contributed by atoms with E-state index in [0.29, 0.717) is 11.3 Å². The third kappa shape index (κ3) is 6.22. The van der Waals surface area contributed by atoms with Crippen LogP contribution in [0.5, 0.6) is 0 Å². The minimum atomic E-state index is -0.749. The lowest BCUT2D eigenvalue weighted by Gasteiger charge is -2.32. The Morgan fingerprint density at radius 3 is 2.65 bits per heavy atom. The number of ketones is 1. The number of ether oxygens (including phenoxy) is 2. The molecule has 9 nitrogen and oxygen atoms in total. The molecule has 31 heavy (non-hydrogen) atoms. The number of azide groups is 1. The maximum atomic E-state index is 13.5. The molecule has 1 aliphatic rings. The standard InChI is InChI=1S/C21H22FN5O4/c1-13-18(14(2)28)19(15-4-6-16(22)7-5-15)20(21(29)31-10-3-8-23)17(26-13)12-30-11-9-25-27-24/h4-7,18-19H,3,9-12H2,1-2H3. The summed E-state index contributed by atoms with van der Waals surface area (Å²) in [6, 6.07) is 7.42. The van der Waals surface area contributed by atoms with Gasteiger partial charge in [0.15, 0.2) is 0 Å². The Labute approximate surface area is 178 Å². The van der Waals surface area contributed by atoms with E-state index in [0.717, 1.165) is 0 Å². The van der Waals surface area contributed by atoms with E-state index in [-0.39, 0.29) is 49.8 Å². The second-order valence-electron chi connectivity index (χ2n) is 6.78. The number of esters is 1. The van der Waals surface area contributed by atoms with Crippen LogP contribution in [0, 0.1) is 23.1 Å². The number of halogens is 1. The molecule has 1 heterocycles. The summed E-state index contributed by atoms with van der Waals surface area (Å²) in [6.07, 6.45) is 0.0106. The molecule has 0 N–H and O–H groups in total. The number of benzene rings is 1. The van der Waals surface area contributed by atoms with E-state index in [1.165, 1.54) is 31.2 Å². The lowest BCUT2D eigenvalue weighted by Crippen LogP contribution is -2.35. The van der Waals surface area contributed by atoms with Gasteiger partial charge in [-0.2, -0.15) is 5.26 Å². The molecule has 0 saturated heterocycles. The molecule has 10 heteroatoms. The Hall–Kier alpha value is -3.54. The van der Waals surface area contributed by atoms with Gasteiger partial charge in [-0.15, -0.1) is 0 Å². The highest BCUT2D eigenvalue weighted by Crippen LogP contribution is 2.40. The number of hydrogen-bond donors (Lipinski definition) is 0. The van der Waals surface area contributed by atoms with E-state index in [1.807, 2.05) is 6.07 Å². The van der Waals surface area contributed by atoms with Crippen molar-refractivity contribution in [2.75, 3.05) is 26.4 Å². The molecule has 0 bridgehead atoms. The zero-order valence-corrected chi connectivity index (χ0v) is 17.2. The van der Waals surface area contributed by atoms with Crippen molar-refractivity contribution in [1.82, 2.24) is 0 Å². The minimum Gasteiger partial charge on any atom is -0.461 e. The molecule has 1 aliphatic heterocycles. The summed E-state index contributed by atoms with van der Waals surface area (Å²) in [5, 5.41) is 12.1. The average Bonchev–Trinajstić information content (AvgIpc) is 2.73. The largest absolute Gasteiger partial charge is 0.461 e. The monoisotopic (exact) mass is 427 g/mol. The number of hydrogen-bond acceptors (Lipinski definition) is 7. The summed E-state index contributed by atoms with van der Waals surface area (Å²) >= 11 is 0. The fraction of sp³-hybridized carbons (Fsp3) is 0.429. The van der Waals surface area contributed by atoms with E-state index in [1.54, 1.807) is 6.92 Å². The van der Waals surface area contributed by atoms with Crippen LogP contribution < -0.4 is 0 Å². The first-order valence-electron chi connectivity index (χ1n) is 9.57. The molecule has 2 unspecified atom stereocenters. The number of aliphatic imine (C=N–C) groups is 1. The van der Waals surface area contributed by atoms with Gasteiger partial charge in [0.2, 0.25) is 0 Å². The van der Waals surface area contributed by atoms with E-state index >= 15 is 0 Å². The van der Waals surface area contributed by atoms with Gasteiger partial charge in [0.05, 0.1) is 42.9 Å². The maximum Gasteiger partial charge on any atom is 0.336 e. The molecule has 162 valence electrons. The molecule has 0 fully saturated rings. The van der Waals surface area contributed by atoms with Crippen LogP contribution in [-0.2, 0) is 19.1 Å². The fourth-order valence-corrected chi connectivity index (χ4v) is 3.43. The van der Waals surface area contributed by atoms with Crippen molar-refractivity contribution in [3.05, 3.63) is 57.4 Å². The van der Waals surface area contributed by atoms with Gasteiger partial charge in [0.25, 0.3) is 0 Å². The third-order valence-corrected chi connectivity index (χ3v) is 4.69. The highest BCUT2D eigenvalue weighted by molar-refractivity contribution is 6.08. The Morgan fingerprint density at radius 2 is 2.03 bits per heavy atom. The van der Waals surface area contributed by atoms with Crippen molar-refractivity contribution < 1.29 is 23.5 Å². The van der Waals surface area contributed by atoms with Gasteiger partial charge in [-0.05, 0) is 37.1 Å². The van der Waals surface area contributed by atoms with Gasteiger partial charge in [0, 0.05) is 23.1 Å². The van der Waals surface area contributed by atoms with Crippen LogP contribution in [-0.4, -0.2) is 43.8 Å². The lowest BCUT2D eigenvalue weighted by molar-refractivity contribution is -0.139. The number of Topliss-reactive ketones (excluding diaryl/α,β-unsaturated/α-hetero) is 1. The Morgan fingerprint density at radius 1 is 1.32 bits per heavy atom. The summed E-state index contributed by atoms with van der Waals surface area (Å²) in [5.41, 5.74) is 9.79. The Kier molecular flexibility index (Phi) is 8.88. The van der Waals surface area contributed by atoms with E-state index in [4.69, 9.17) is 20.3 Å². The van der Waals surface area contributed by atoms with Crippen LogP contribution in [0.3, 0.4) is 0 Å². The first-order valence-corrected chi connectivity index (χ1v) is 9.57. The topological polar surface area (TPSA) is 138 Å². The maximum absolute atomic E-state index is 13.5. The molecule has 2 atom stereocenters. The van der Waals surface area contributed by atoms with Crippen LogP contribution >= 0.6 is 0 Å². The molecule has 1 aromatic rings. The Balaban J connectivity index is 2.51. The molecular formula is C21H22FN5O4. The van der Waals surface area contributed by atoms with Crippen molar-refractivity contribution in [2.24, 2.45) is 16.0 Å². The quantitative estimate of drug-likeness (QED) is 0.184. The number of rotatable bonds is 10. The summed E-state index contributed by atoms with van der Waals surface area (Å²) in [6.45, 7) is 3.10. The van der Waals surface area contributed by atoms with Crippen LogP contribution in [0.15, 0.2) is 45.6 Å². The summed E-state index contributed by atoms with van der Waals surface area (Å²) < 4.78 is 24.2. The summed E-state index contributed by atoms with van der Waals surface area (Å²) in [7, 11) is 0. The van der Waals surface area contributed by atoms with Crippen molar-refractivity contribution in [1.29, 1.82) is 5.26 Å². The van der Waals surface area contributed by atoms with Gasteiger partial charge in [-0.1, -0.05) is 17.2 Å². The molecule has 0 radical (unpaired) electrons. The minimum absolute atomic E-state index is 0.0106. The van der Waals surface area contributed by atoms with Crippen molar-refractivity contribution in [2.45, 2.75) is 26.2 Å². The molecule has 1 aromatic carbocycles. The molecular weight excluding hydrogens is 405 g/mol. The summed E-state index contributed by atoms with van der Waals surface area (Å²) in [5.74, 6) is -2.87. The predicted octanol–water partition coefficient (Wildman–Crippen LogP) is 3.63. The molecule has 0 amide bonds. The molecule has 0 saturated carbocycles. The number of carbonyl (C=O) groups is 2.